The zero-order valence-corrected chi connectivity index (χ0v) is 35.1. The second-order valence-electron chi connectivity index (χ2n) is 14.7. The van der Waals surface area contributed by atoms with Crippen LogP contribution in [0.4, 0.5) is 0 Å². The summed E-state index contributed by atoms with van der Waals surface area (Å²) in [6.45, 7) is 4.72. The van der Waals surface area contributed by atoms with E-state index in [0.717, 1.165) is 25.3 Å². The Morgan fingerprint density at radius 1 is 0.949 bits per heavy atom. The van der Waals surface area contributed by atoms with Crippen molar-refractivity contribution in [1.82, 2.24) is 25.5 Å². The number of aliphatic hydroxyl groups is 1. The Hall–Kier alpha value is -4.36. The zero-order valence-electron chi connectivity index (χ0n) is 34.2. The molecule has 59 heavy (non-hydrogen) atoms. The number of ether oxygens (including phenoxy) is 2. The average molecular weight is 853 g/mol. The van der Waals surface area contributed by atoms with Crippen molar-refractivity contribution in [2.75, 3.05) is 46.6 Å². The minimum Gasteiger partial charge on any atom is -0.394 e. The number of phosphoric ester groups is 1. The number of rotatable bonds is 31. The van der Waals surface area contributed by atoms with Gasteiger partial charge in [-0.1, -0.05) is 44.2 Å². The van der Waals surface area contributed by atoms with Crippen LogP contribution < -0.4 is 16.4 Å². The van der Waals surface area contributed by atoms with Gasteiger partial charge in [-0.15, -0.1) is 0 Å². The van der Waals surface area contributed by atoms with Crippen LogP contribution in [0, 0.1) is 17.8 Å². The molecule has 0 saturated carbocycles. The molecule has 2 rings (SSSR count). The molecule has 0 radical (unpaired) electrons. The Morgan fingerprint density at radius 3 is 2.24 bits per heavy atom. The van der Waals surface area contributed by atoms with Gasteiger partial charge >= 0.3 is 7.82 Å². The van der Waals surface area contributed by atoms with Gasteiger partial charge < -0.3 is 50.6 Å². The van der Waals surface area contributed by atoms with E-state index in [9.17, 15) is 38.4 Å². The number of amides is 4. The van der Waals surface area contributed by atoms with Crippen molar-refractivity contribution in [1.29, 1.82) is 0 Å². The second kappa shape index (κ2) is 26.7. The van der Waals surface area contributed by atoms with Gasteiger partial charge in [0.05, 0.1) is 63.4 Å². The van der Waals surface area contributed by atoms with Gasteiger partial charge in [0.1, 0.15) is 11.9 Å². The Kier molecular flexibility index (Phi) is 23.0. The first-order valence-corrected chi connectivity index (χ1v) is 21.1. The highest BCUT2D eigenvalue weighted by molar-refractivity contribution is 7.46. The SMILES string of the molecule is COCCOCCC(=O)N(CCCCc1ccccc1)CC(=O)N[C@@H](CC(C)C)C(=O)C[C@@H](Cc1ncc[nH]1)C(=O)N[C@@H](CO)C(=O)C[C@H](C(N)=O)[C@@H](C)OP(=O)(O)O. The number of imidazole rings is 1. The van der Waals surface area contributed by atoms with Gasteiger partial charge in [-0.3, -0.25) is 33.3 Å². The summed E-state index contributed by atoms with van der Waals surface area (Å²) in [5, 5.41) is 15.2. The third-order valence-corrected chi connectivity index (χ3v) is 9.96. The molecule has 330 valence electrons. The predicted molar refractivity (Wildman–Crippen MR) is 214 cm³/mol. The van der Waals surface area contributed by atoms with Crippen molar-refractivity contribution in [3.05, 3.63) is 54.1 Å². The van der Waals surface area contributed by atoms with Crippen LogP contribution in [0.1, 0.15) is 70.7 Å². The Balaban J connectivity index is 2.21. The van der Waals surface area contributed by atoms with E-state index in [-0.39, 0.29) is 44.2 Å². The number of phosphoric acid groups is 1. The number of aliphatic hydroxyl groups excluding tert-OH is 1. The number of hydrogen-bond donors (Lipinski definition) is 7. The number of H-pyrrole nitrogens is 1. The molecule has 2 aromatic rings. The van der Waals surface area contributed by atoms with Gasteiger partial charge in [0.25, 0.3) is 0 Å². The highest BCUT2D eigenvalue weighted by Gasteiger charge is 2.35. The first-order chi connectivity index (χ1) is 27.9. The Bertz CT molecular complexity index is 1660. The number of primary amides is 1. The highest BCUT2D eigenvalue weighted by Crippen LogP contribution is 2.39. The van der Waals surface area contributed by atoms with Crippen LogP contribution in [0.15, 0.2) is 42.7 Å². The van der Waals surface area contributed by atoms with Crippen molar-refractivity contribution >= 4 is 43.0 Å². The third kappa shape index (κ3) is 20.4. The normalized spacial score (nSPS) is 14.2. The number of carbonyl (C=O) groups is 6. The van der Waals surface area contributed by atoms with Crippen molar-refractivity contribution in [2.45, 2.75) is 90.3 Å². The number of nitrogens with one attached hydrogen (secondary N) is 3. The highest BCUT2D eigenvalue weighted by atomic mass is 31.2. The molecule has 5 atom stereocenters. The lowest BCUT2D eigenvalue weighted by molar-refractivity contribution is -0.138. The maximum Gasteiger partial charge on any atom is 0.469 e. The van der Waals surface area contributed by atoms with Gasteiger partial charge in [0, 0.05) is 45.3 Å². The fourth-order valence-corrected chi connectivity index (χ4v) is 6.82. The summed E-state index contributed by atoms with van der Waals surface area (Å²) in [4.78, 5) is 107. The summed E-state index contributed by atoms with van der Waals surface area (Å²) in [5.41, 5.74) is 6.52. The number of aromatic nitrogens is 2. The van der Waals surface area contributed by atoms with Crippen LogP contribution in [-0.4, -0.2) is 130 Å². The second-order valence-corrected chi connectivity index (χ2v) is 15.9. The minimum absolute atomic E-state index is 0.0360. The number of unbranched alkanes of at least 4 members (excludes halogenated alkanes) is 1. The van der Waals surface area contributed by atoms with Gasteiger partial charge in [0.15, 0.2) is 11.6 Å². The van der Waals surface area contributed by atoms with E-state index in [2.05, 4.69) is 25.1 Å². The number of nitrogens with zero attached hydrogens (tertiary/aromatic N) is 2. The topological polar surface area (TPSA) is 290 Å². The summed E-state index contributed by atoms with van der Waals surface area (Å²) in [6.07, 6.45) is 2.63. The summed E-state index contributed by atoms with van der Waals surface area (Å²) in [5.74, 6) is -6.61. The molecule has 20 heteroatoms. The van der Waals surface area contributed by atoms with Crippen molar-refractivity contribution in [3.63, 3.8) is 0 Å². The van der Waals surface area contributed by atoms with E-state index in [4.69, 9.17) is 25.0 Å². The summed E-state index contributed by atoms with van der Waals surface area (Å²) in [6, 6.07) is 7.24. The predicted octanol–water partition coefficient (Wildman–Crippen LogP) is 0.999. The molecule has 19 nitrogen and oxygen atoms in total. The molecular weight excluding hydrogens is 791 g/mol. The van der Waals surface area contributed by atoms with Crippen LogP contribution >= 0.6 is 7.82 Å². The zero-order chi connectivity index (χ0) is 44.0. The van der Waals surface area contributed by atoms with Crippen LogP contribution in [0.3, 0.4) is 0 Å². The van der Waals surface area contributed by atoms with E-state index in [1.54, 1.807) is 0 Å². The van der Waals surface area contributed by atoms with E-state index < -0.39 is 86.6 Å². The molecule has 4 amide bonds. The van der Waals surface area contributed by atoms with Crippen LogP contribution in [-0.2, 0) is 60.2 Å². The van der Waals surface area contributed by atoms with E-state index in [1.165, 1.54) is 24.4 Å². The summed E-state index contributed by atoms with van der Waals surface area (Å²) >= 11 is 0. The monoisotopic (exact) mass is 852 g/mol. The molecule has 0 spiro atoms. The number of nitrogens with two attached hydrogens (primary N) is 1. The number of carbonyl (C=O) groups excluding carboxylic acids is 6. The Morgan fingerprint density at radius 2 is 1.64 bits per heavy atom. The largest absolute Gasteiger partial charge is 0.469 e. The van der Waals surface area contributed by atoms with Gasteiger partial charge in [-0.25, -0.2) is 9.55 Å². The molecule has 1 heterocycles. The number of Topliss-reactive ketones (excluding diaryl/α,β-unsaturated/α-hetero) is 2. The molecule has 0 saturated heterocycles. The standard InChI is InChI=1S/C39H61N6O13P/c1-26(2)20-31(43-36(49)24-45(37(50)13-17-57-19-18-56-4)16-9-8-12-28-10-6-5-7-11-28)33(47)21-29(22-35-41-14-15-42-35)39(52)44-32(25-46)34(48)23-30(38(40)51)27(3)58-59(53,54)55/h5-7,10-11,14-15,26-27,29-32,46H,8-9,12-13,16-25H2,1-4H3,(H2,40,51)(H,41,42)(H,43,49)(H,44,52)(H2,53,54,55)/t27-,29+,30+,31+,32+/m1/s1. The molecular formula is C39H61N6O13P. The van der Waals surface area contributed by atoms with Crippen molar-refractivity contribution < 1.29 is 62.2 Å². The molecule has 1 aromatic heterocycles. The van der Waals surface area contributed by atoms with Crippen LogP contribution in [0.2, 0.25) is 0 Å². The molecule has 0 bridgehead atoms. The fourth-order valence-electron chi connectivity index (χ4n) is 6.24. The number of hydrogen-bond acceptors (Lipinski definition) is 12. The van der Waals surface area contributed by atoms with E-state index in [1.807, 2.05) is 44.2 Å². The minimum atomic E-state index is -5.06. The number of aryl methyl sites for hydroxylation is 1. The van der Waals surface area contributed by atoms with Crippen LogP contribution in [0.5, 0.6) is 0 Å². The summed E-state index contributed by atoms with van der Waals surface area (Å²) < 4.78 is 26.3. The van der Waals surface area contributed by atoms with Crippen molar-refractivity contribution in [3.8, 4) is 0 Å². The first kappa shape index (κ1) is 50.8. The van der Waals surface area contributed by atoms with Gasteiger partial charge in [0.2, 0.25) is 23.6 Å². The smallest absolute Gasteiger partial charge is 0.394 e. The van der Waals surface area contributed by atoms with Gasteiger partial charge in [-0.05, 0) is 44.1 Å². The lowest BCUT2D eigenvalue weighted by atomic mass is 9.90. The lowest BCUT2D eigenvalue weighted by Crippen LogP contribution is -2.50. The number of methoxy groups -OCH3 is 1. The molecule has 0 aliphatic heterocycles. The first-order valence-electron chi connectivity index (χ1n) is 19.6. The molecule has 8 N–H and O–H groups in total. The number of aromatic amines is 1. The molecule has 0 aliphatic carbocycles. The number of ketones is 2. The summed E-state index contributed by atoms with van der Waals surface area (Å²) in [7, 11) is -3.52. The van der Waals surface area contributed by atoms with E-state index in [0.29, 0.717) is 32.0 Å². The van der Waals surface area contributed by atoms with Crippen LogP contribution in [0.25, 0.3) is 0 Å². The third-order valence-electron chi connectivity index (χ3n) is 9.35. The Labute approximate surface area is 344 Å². The quantitative estimate of drug-likeness (QED) is 0.0412. The number of benzene rings is 1. The average Bonchev–Trinajstić information content (AvgIpc) is 3.68. The molecule has 0 aliphatic rings. The molecule has 0 unspecified atom stereocenters. The maximum absolute atomic E-state index is 14.0. The molecule has 0 fully saturated rings. The van der Waals surface area contributed by atoms with Gasteiger partial charge in [-0.2, -0.15) is 0 Å². The van der Waals surface area contributed by atoms with E-state index >= 15 is 0 Å². The van der Waals surface area contributed by atoms with Crippen molar-refractivity contribution in [2.24, 2.45) is 23.5 Å². The fraction of sp³-hybridized carbons (Fsp3) is 0.615. The maximum atomic E-state index is 14.0. The lowest BCUT2D eigenvalue weighted by Gasteiger charge is -2.26. The molecule has 1 aromatic carbocycles.